The van der Waals surface area contributed by atoms with Gasteiger partial charge in [0.15, 0.2) is 16.9 Å². The van der Waals surface area contributed by atoms with Crippen molar-refractivity contribution in [2.45, 2.75) is 51.0 Å². The molecular formula is C25H29NO6. The van der Waals surface area contributed by atoms with Crippen LogP contribution < -0.4 is 14.9 Å². The average molecular weight is 440 g/mol. The number of aromatic nitrogens is 1. The van der Waals surface area contributed by atoms with Crippen LogP contribution in [0.15, 0.2) is 23.1 Å². The number of carboxylic acids is 1. The Bertz CT molecular complexity index is 1140. The summed E-state index contributed by atoms with van der Waals surface area (Å²) in [4.78, 5) is 24.4. The van der Waals surface area contributed by atoms with Crippen molar-refractivity contribution < 1.29 is 24.1 Å². The lowest BCUT2D eigenvalue weighted by Crippen LogP contribution is -2.29. The van der Waals surface area contributed by atoms with E-state index in [4.69, 9.17) is 14.2 Å². The molecule has 0 bridgehead atoms. The number of hydrogen-bond acceptors (Lipinski definition) is 5. The molecule has 0 saturated heterocycles. The fourth-order valence-corrected chi connectivity index (χ4v) is 5.18. The van der Waals surface area contributed by atoms with Gasteiger partial charge in [-0.05, 0) is 36.8 Å². The summed E-state index contributed by atoms with van der Waals surface area (Å²) < 4.78 is 19.5. The first-order valence-corrected chi connectivity index (χ1v) is 11.3. The highest BCUT2D eigenvalue weighted by atomic mass is 16.5. The lowest BCUT2D eigenvalue weighted by Gasteiger charge is -2.35. The molecule has 1 N–H and O–H groups in total. The first-order chi connectivity index (χ1) is 15.4. The summed E-state index contributed by atoms with van der Waals surface area (Å²) in [6, 6.07) is 3.62. The predicted octanol–water partition coefficient (Wildman–Crippen LogP) is 3.81. The second-order valence-electron chi connectivity index (χ2n) is 9.54. The van der Waals surface area contributed by atoms with Crippen molar-refractivity contribution in [2.75, 3.05) is 26.9 Å². The van der Waals surface area contributed by atoms with Gasteiger partial charge in [-0.2, -0.15) is 0 Å². The summed E-state index contributed by atoms with van der Waals surface area (Å²) in [5, 5.41) is 9.53. The molecule has 0 radical (unpaired) electrons. The summed E-state index contributed by atoms with van der Waals surface area (Å²) >= 11 is 0. The number of carbonyl (C=O) groups is 1. The third-order valence-corrected chi connectivity index (χ3v) is 7.08. The Kier molecular flexibility index (Phi) is 5.04. The third-order valence-electron chi connectivity index (χ3n) is 7.08. The lowest BCUT2D eigenvalue weighted by molar-refractivity contribution is 0.0694. The van der Waals surface area contributed by atoms with E-state index in [-0.39, 0.29) is 22.9 Å². The highest BCUT2D eigenvalue weighted by Gasteiger charge is 2.54. The number of hydrogen-bond donors (Lipinski definition) is 1. The van der Waals surface area contributed by atoms with Crippen LogP contribution in [0.5, 0.6) is 11.5 Å². The molecule has 5 rings (SSSR count). The number of methoxy groups -OCH3 is 1. The van der Waals surface area contributed by atoms with E-state index >= 15 is 0 Å². The van der Waals surface area contributed by atoms with Gasteiger partial charge in [0.25, 0.3) is 0 Å². The standard InChI is InChI=1S/C25H29NO6/c1-14(2)17-9-15-10-20(31-8-4-7-30-3)23-22(25(5-6-25)13-32-23)21(15)18-11-19(27)16(24(28)29)12-26(17)18/h10-12,14,17H,4-9,13H2,1-3H3,(H,28,29). The molecule has 1 spiro atoms. The van der Waals surface area contributed by atoms with E-state index in [0.717, 1.165) is 59.6 Å². The van der Waals surface area contributed by atoms with Gasteiger partial charge in [0.05, 0.1) is 18.9 Å². The Morgan fingerprint density at radius 1 is 1.31 bits per heavy atom. The van der Waals surface area contributed by atoms with Gasteiger partial charge in [-0.25, -0.2) is 4.79 Å². The summed E-state index contributed by atoms with van der Waals surface area (Å²) in [7, 11) is 1.68. The van der Waals surface area contributed by atoms with Crippen molar-refractivity contribution in [3.63, 3.8) is 0 Å². The number of pyridine rings is 1. The molecule has 170 valence electrons. The normalized spacial score (nSPS) is 19.3. The fourth-order valence-electron chi connectivity index (χ4n) is 5.18. The molecule has 3 heterocycles. The fraction of sp³-hybridized carbons (Fsp3) is 0.520. The predicted molar refractivity (Wildman–Crippen MR) is 119 cm³/mol. The Morgan fingerprint density at radius 3 is 2.75 bits per heavy atom. The number of aromatic carboxylic acids is 1. The van der Waals surface area contributed by atoms with Gasteiger partial charge in [0, 0.05) is 55.0 Å². The molecule has 7 heteroatoms. The van der Waals surface area contributed by atoms with E-state index in [0.29, 0.717) is 19.8 Å². The van der Waals surface area contributed by atoms with Crippen LogP contribution in [0.1, 0.15) is 60.6 Å². The maximum Gasteiger partial charge on any atom is 0.341 e. The lowest BCUT2D eigenvalue weighted by atomic mass is 9.81. The summed E-state index contributed by atoms with van der Waals surface area (Å²) in [6.45, 7) is 6.05. The van der Waals surface area contributed by atoms with Crippen molar-refractivity contribution in [3.8, 4) is 22.8 Å². The zero-order valence-corrected chi connectivity index (χ0v) is 18.8. The first-order valence-electron chi connectivity index (χ1n) is 11.3. The number of nitrogens with zero attached hydrogens (tertiary/aromatic N) is 1. The number of carboxylic acid groups (broad SMARTS) is 1. The number of benzene rings is 1. The second-order valence-corrected chi connectivity index (χ2v) is 9.54. The molecule has 1 atom stereocenters. The van der Waals surface area contributed by atoms with Gasteiger partial charge in [0.1, 0.15) is 5.56 Å². The van der Waals surface area contributed by atoms with Crippen molar-refractivity contribution in [1.82, 2.24) is 4.57 Å². The minimum absolute atomic E-state index is 0.0255. The largest absolute Gasteiger partial charge is 0.490 e. The van der Waals surface area contributed by atoms with E-state index < -0.39 is 11.4 Å². The molecule has 1 fully saturated rings. The van der Waals surface area contributed by atoms with Gasteiger partial charge < -0.3 is 23.9 Å². The third kappa shape index (κ3) is 3.22. The van der Waals surface area contributed by atoms with Crippen LogP contribution >= 0.6 is 0 Å². The Hall–Kier alpha value is -2.80. The average Bonchev–Trinajstić information content (AvgIpc) is 3.44. The van der Waals surface area contributed by atoms with E-state index in [9.17, 15) is 14.7 Å². The number of rotatable bonds is 7. The van der Waals surface area contributed by atoms with Crippen molar-refractivity contribution in [1.29, 1.82) is 0 Å². The van der Waals surface area contributed by atoms with E-state index in [2.05, 4.69) is 19.9 Å². The van der Waals surface area contributed by atoms with E-state index in [1.165, 1.54) is 12.3 Å². The highest BCUT2D eigenvalue weighted by molar-refractivity contribution is 5.88. The Morgan fingerprint density at radius 2 is 2.09 bits per heavy atom. The molecule has 2 aliphatic heterocycles. The summed E-state index contributed by atoms with van der Waals surface area (Å²) in [5.41, 5.74) is 3.43. The molecular weight excluding hydrogens is 410 g/mol. The van der Waals surface area contributed by atoms with Gasteiger partial charge in [-0.3, -0.25) is 4.79 Å². The van der Waals surface area contributed by atoms with Crippen LogP contribution in [0.2, 0.25) is 0 Å². The van der Waals surface area contributed by atoms with Gasteiger partial charge in [-0.1, -0.05) is 13.8 Å². The molecule has 1 saturated carbocycles. The minimum atomic E-state index is -1.19. The maximum atomic E-state index is 12.7. The molecule has 1 unspecified atom stereocenters. The smallest absolute Gasteiger partial charge is 0.341 e. The van der Waals surface area contributed by atoms with E-state index in [1.807, 2.05) is 4.57 Å². The molecule has 1 aromatic carbocycles. The molecule has 1 aliphatic carbocycles. The van der Waals surface area contributed by atoms with Gasteiger partial charge in [0.2, 0.25) is 0 Å². The molecule has 1 aromatic heterocycles. The Labute approximate surface area is 186 Å². The topological polar surface area (TPSA) is 87.0 Å². The summed E-state index contributed by atoms with van der Waals surface area (Å²) in [6.07, 6.45) is 5.16. The number of ether oxygens (including phenoxy) is 3. The van der Waals surface area contributed by atoms with Crippen LogP contribution in [0.25, 0.3) is 11.3 Å². The van der Waals surface area contributed by atoms with Crippen molar-refractivity contribution >= 4 is 5.97 Å². The van der Waals surface area contributed by atoms with Crippen LogP contribution in [-0.4, -0.2) is 42.6 Å². The molecule has 3 aliphatic rings. The molecule has 7 nitrogen and oxygen atoms in total. The summed E-state index contributed by atoms with van der Waals surface area (Å²) in [5.74, 6) is 0.615. The van der Waals surface area contributed by atoms with Crippen LogP contribution in [0, 0.1) is 5.92 Å². The van der Waals surface area contributed by atoms with Crippen LogP contribution in [0.4, 0.5) is 0 Å². The van der Waals surface area contributed by atoms with Crippen molar-refractivity contribution in [3.05, 3.63) is 45.2 Å². The second kappa shape index (κ2) is 7.66. The highest BCUT2D eigenvalue weighted by Crippen LogP contribution is 2.62. The minimum Gasteiger partial charge on any atom is -0.490 e. The first kappa shape index (κ1) is 21.1. The maximum absolute atomic E-state index is 12.7. The van der Waals surface area contributed by atoms with Crippen LogP contribution in [-0.2, 0) is 16.6 Å². The van der Waals surface area contributed by atoms with Crippen LogP contribution in [0.3, 0.4) is 0 Å². The quantitative estimate of drug-likeness (QED) is 0.661. The number of fused-ring (bicyclic) bond motifs is 6. The SMILES string of the molecule is COCCCOc1cc2c(c3c1OCC31CC1)-c1cc(=O)c(C(=O)O)cn1C(C(C)C)C2. The zero-order chi connectivity index (χ0) is 22.6. The van der Waals surface area contributed by atoms with E-state index in [1.54, 1.807) is 7.11 Å². The molecule has 0 amide bonds. The molecule has 32 heavy (non-hydrogen) atoms. The monoisotopic (exact) mass is 439 g/mol. The van der Waals surface area contributed by atoms with Gasteiger partial charge in [-0.15, -0.1) is 0 Å². The Balaban J connectivity index is 1.70. The zero-order valence-electron chi connectivity index (χ0n) is 18.8. The van der Waals surface area contributed by atoms with Gasteiger partial charge >= 0.3 is 5.97 Å². The van der Waals surface area contributed by atoms with Crippen molar-refractivity contribution in [2.24, 2.45) is 5.92 Å². The molecule has 2 aromatic rings.